The van der Waals surface area contributed by atoms with Crippen molar-refractivity contribution in [1.29, 1.82) is 0 Å². The van der Waals surface area contributed by atoms with E-state index < -0.39 is 0 Å². The fourth-order valence-corrected chi connectivity index (χ4v) is 2.81. The van der Waals surface area contributed by atoms with Gasteiger partial charge < -0.3 is 5.11 Å². The number of rotatable bonds is 1. The number of hydrogen-bond donors (Lipinski definition) is 1. The van der Waals surface area contributed by atoms with Crippen LogP contribution in [0.1, 0.15) is 82.6 Å². The van der Waals surface area contributed by atoms with Gasteiger partial charge in [0.05, 0.1) is 0 Å². The molecule has 0 atom stereocenters. The van der Waals surface area contributed by atoms with Crippen LogP contribution in [0.2, 0.25) is 0 Å². The van der Waals surface area contributed by atoms with Gasteiger partial charge in [0, 0.05) is 28.3 Å². The average molecular weight is 378 g/mol. The smallest absolute Gasteiger partial charge is 0.0428 e. The van der Waals surface area contributed by atoms with Crippen LogP contribution < -0.4 is 0 Å². The Morgan fingerprint density at radius 3 is 0.560 bits per heavy atom. The third-order valence-corrected chi connectivity index (χ3v) is 5.85. The van der Waals surface area contributed by atoms with Crippen LogP contribution in [0.4, 0.5) is 0 Å². The summed E-state index contributed by atoms with van der Waals surface area (Å²) < 4.78 is 0. The van der Waals surface area contributed by atoms with Crippen LogP contribution in [0.25, 0.3) is 0 Å². The molecule has 0 aromatic rings. The van der Waals surface area contributed by atoms with Gasteiger partial charge in [0.2, 0.25) is 0 Å². The van der Waals surface area contributed by atoms with Crippen LogP contribution in [0.15, 0.2) is 0 Å². The van der Waals surface area contributed by atoms with Crippen LogP contribution in [-0.2, 0) is 21.7 Å². The fourth-order valence-electron chi connectivity index (χ4n) is 2.81. The van der Waals surface area contributed by atoms with Gasteiger partial charge in [-0.05, 0) is 65.6 Å². The summed E-state index contributed by atoms with van der Waals surface area (Å²) in [6.07, 6.45) is 0.875. The van der Waals surface area contributed by atoms with E-state index in [1.165, 1.54) is 59.2 Å². The standard InChI is InChI=1S/2C10H15.C3H8O.Ti/c2*1-6-7(2)9(4)10(5)8(6)3;1-2-3-4;/h2*1-5H3;4H,2-3H2,1H3;. The van der Waals surface area contributed by atoms with Gasteiger partial charge in [-0.2, -0.15) is 0 Å². The SMILES string of the molecule is CCCO.C[C]1[C](C)[C](C)[C](C)[C]1C.C[C]1[C](C)[C](C)[C](C)[C]1C.[Ti]. The first-order valence-corrected chi connectivity index (χ1v) is 9.02. The summed E-state index contributed by atoms with van der Waals surface area (Å²) in [7, 11) is 0. The second kappa shape index (κ2) is 13.0. The fraction of sp³-hybridized carbons (Fsp3) is 0.565. The molecule has 140 valence electrons. The Morgan fingerprint density at radius 1 is 0.440 bits per heavy atom. The molecule has 2 heteroatoms. The molecule has 0 amide bonds. The molecular formula is C23H38OTi. The molecule has 0 saturated heterocycles. The monoisotopic (exact) mass is 378 g/mol. The van der Waals surface area contributed by atoms with E-state index in [9.17, 15) is 0 Å². The van der Waals surface area contributed by atoms with Crippen molar-refractivity contribution in [3.63, 3.8) is 0 Å². The topological polar surface area (TPSA) is 20.2 Å². The summed E-state index contributed by atoms with van der Waals surface area (Å²) in [4.78, 5) is 0. The van der Waals surface area contributed by atoms with Gasteiger partial charge in [0.15, 0.2) is 0 Å². The van der Waals surface area contributed by atoms with Gasteiger partial charge in [-0.3, -0.25) is 0 Å². The van der Waals surface area contributed by atoms with E-state index in [4.69, 9.17) is 5.11 Å². The second-order valence-corrected chi connectivity index (χ2v) is 6.97. The van der Waals surface area contributed by atoms with Crippen LogP contribution in [0.3, 0.4) is 0 Å². The van der Waals surface area contributed by atoms with Crippen molar-refractivity contribution in [2.75, 3.05) is 6.61 Å². The minimum Gasteiger partial charge on any atom is -0.396 e. The zero-order valence-corrected chi connectivity index (χ0v) is 19.9. The Balaban J connectivity index is 0. The molecule has 2 saturated carbocycles. The molecule has 2 fully saturated rings. The van der Waals surface area contributed by atoms with E-state index in [2.05, 4.69) is 69.2 Å². The van der Waals surface area contributed by atoms with E-state index in [-0.39, 0.29) is 21.7 Å². The summed E-state index contributed by atoms with van der Waals surface area (Å²) in [5.41, 5.74) is 0. The molecule has 0 unspecified atom stereocenters. The van der Waals surface area contributed by atoms with Gasteiger partial charge >= 0.3 is 0 Å². The van der Waals surface area contributed by atoms with Gasteiger partial charge in [0.1, 0.15) is 0 Å². The van der Waals surface area contributed by atoms with Crippen LogP contribution in [0, 0.1) is 59.2 Å². The van der Waals surface area contributed by atoms with Crippen molar-refractivity contribution >= 4 is 0 Å². The van der Waals surface area contributed by atoms with Crippen LogP contribution in [-0.4, -0.2) is 11.7 Å². The minimum atomic E-state index is 0. The summed E-state index contributed by atoms with van der Waals surface area (Å²) in [6.45, 7) is 24.2. The first kappa shape index (κ1) is 27.9. The molecule has 2 rings (SSSR count). The average Bonchev–Trinajstić information content (AvgIpc) is 2.86. The van der Waals surface area contributed by atoms with E-state index in [0.29, 0.717) is 6.61 Å². The molecule has 0 aliphatic heterocycles. The predicted octanol–water partition coefficient (Wildman–Crippen LogP) is 6.33. The van der Waals surface area contributed by atoms with E-state index in [1.54, 1.807) is 0 Å². The van der Waals surface area contributed by atoms with E-state index >= 15 is 0 Å². The van der Waals surface area contributed by atoms with Crippen molar-refractivity contribution < 1.29 is 26.8 Å². The Kier molecular flexibility index (Phi) is 14.5. The van der Waals surface area contributed by atoms with Gasteiger partial charge in [-0.15, -0.1) is 0 Å². The number of aliphatic hydroxyl groups excluding tert-OH is 1. The summed E-state index contributed by atoms with van der Waals surface area (Å²) in [5, 5.41) is 7.88. The molecule has 2 aliphatic carbocycles. The molecule has 1 N–H and O–H groups in total. The molecule has 25 heavy (non-hydrogen) atoms. The van der Waals surface area contributed by atoms with Crippen molar-refractivity contribution in [1.82, 2.24) is 0 Å². The molecule has 2 aliphatic rings. The van der Waals surface area contributed by atoms with Crippen molar-refractivity contribution in [3.05, 3.63) is 59.2 Å². The first-order chi connectivity index (χ1) is 11.0. The number of aliphatic hydroxyl groups is 1. The maximum Gasteiger partial charge on any atom is 0.0428 e. The maximum atomic E-state index is 7.88. The first-order valence-electron chi connectivity index (χ1n) is 9.02. The molecule has 0 spiro atoms. The third kappa shape index (κ3) is 7.30. The zero-order chi connectivity index (χ0) is 19.2. The predicted molar refractivity (Wildman–Crippen MR) is 107 cm³/mol. The minimum absolute atomic E-state index is 0. The van der Waals surface area contributed by atoms with Gasteiger partial charge in [-0.25, -0.2) is 0 Å². The zero-order valence-electron chi connectivity index (χ0n) is 18.4. The molecule has 0 heterocycles. The Hall–Kier alpha value is 0.674. The molecule has 0 bridgehead atoms. The normalized spacial score (nSPS) is 24.0. The van der Waals surface area contributed by atoms with E-state index in [0.717, 1.165) is 6.42 Å². The number of hydrogen-bond acceptors (Lipinski definition) is 1. The Bertz CT molecular complexity index is 210. The van der Waals surface area contributed by atoms with Crippen molar-refractivity contribution in [3.8, 4) is 0 Å². The summed E-state index contributed by atoms with van der Waals surface area (Å²) in [6, 6.07) is 0. The van der Waals surface area contributed by atoms with Gasteiger partial charge in [0.25, 0.3) is 0 Å². The van der Waals surface area contributed by atoms with Crippen LogP contribution >= 0.6 is 0 Å². The quantitative estimate of drug-likeness (QED) is 0.529. The Labute approximate surface area is 175 Å². The van der Waals surface area contributed by atoms with Crippen molar-refractivity contribution in [2.45, 2.75) is 82.6 Å². The molecular weight excluding hydrogens is 340 g/mol. The second-order valence-electron chi connectivity index (χ2n) is 6.97. The summed E-state index contributed by atoms with van der Waals surface area (Å²) in [5.74, 6) is 14.7. The van der Waals surface area contributed by atoms with E-state index in [1.807, 2.05) is 6.92 Å². The van der Waals surface area contributed by atoms with Crippen LogP contribution in [0.5, 0.6) is 0 Å². The molecule has 1 nitrogen and oxygen atoms in total. The molecule has 0 aromatic carbocycles. The molecule has 10 radical (unpaired) electrons. The largest absolute Gasteiger partial charge is 0.396 e. The summed E-state index contributed by atoms with van der Waals surface area (Å²) >= 11 is 0. The maximum absolute atomic E-state index is 7.88. The van der Waals surface area contributed by atoms with Crippen molar-refractivity contribution in [2.24, 2.45) is 0 Å². The third-order valence-electron chi connectivity index (χ3n) is 5.85. The Morgan fingerprint density at radius 2 is 0.520 bits per heavy atom. The molecule has 0 aromatic heterocycles. The van der Waals surface area contributed by atoms with Gasteiger partial charge in [-0.1, -0.05) is 76.2 Å².